The number of rotatable bonds is 6. The predicted octanol–water partition coefficient (Wildman–Crippen LogP) is 4.50. The Labute approximate surface area is 318 Å². The Bertz CT molecular complexity index is 2520. The van der Waals surface area contributed by atoms with Gasteiger partial charge in [-0.1, -0.05) is 11.3 Å². The predicted molar refractivity (Wildman–Crippen MR) is 207 cm³/mol. The van der Waals surface area contributed by atoms with Gasteiger partial charge in [-0.15, -0.1) is 35.0 Å². The summed E-state index contributed by atoms with van der Waals surface area (Å²) in [4.78, 5) is 39.0. The fraction of sp³-hybridized carbons (Fsp3) is 0.429. The summed E-state index contributed by atoms with van der Waals surface area (Å²) in [5, 5.41) is 17.4. The van der Waals surface area contributed by atoms with E-state index in [-0.39, 0.29) is 59.2 Å². The molecule has 2 saturated heterocycles. The number of pyridine rings is 3. The van der Waals surface area contributed by atoms with Crippen LogP contribution in [0.3, 0.4) is 0 Å². The highest BCUT2D eigenvalue weighted by molar-refractivity contribution is 7.19. The third-order valence-corrected chi connectivity index (χ3v) is 11.6. The number of likely N-dealkylation sites (N-methyl/N-ethyl adjacent to an activating group) is 1. The maximum Gasteiger partial charge on any atom is 0.237 e. The zero-order chi connectivity index (χ0) is 34.5. The zero-order valence-corrected chi connectivity index (χ0v) is 31.2. The van der Waals surface area contributed by atoms with E-state index in [2.05, 4.69) is 30.0 Å². The van der Waals surface area contributed by atoms with Crippen LogP contribution in [0.4, 0.5) is 20.2 Å². The van der Waals surface area contributed by atoms with E-state index >= 15 is 8.78 Å². The van der Waals surface area contributed by atoms with E-state index in [0.717, 1.165) is 51.9 Å². The minimum absolute atomic E-state index is 0. The number of fused-ring (bicyclic) bond motifs is 3. The van der Waals surface area contributed by atoms with Gasteiger partial charge in [0.05, 0.1) is 33.5 Å². The minimum atomic E-state index is -0.675. The maximum atomic E-state index is 15.6. The lowest BCUT2D eigenvalue weighted by Gasteiger charge is -2.34. The molecule has 4 fully saturated rings. The molecule has 1 N–H and O–H groups in total. The van der Waals surface area contributed by atoms with Crippen LogP contribution in [0.25, 0.3) is 48.9 Å². The van der Waals surface area contributed by atoms with Gasteiger partial charge in [0, 0.05) is 82.2 Å². The summed E-state index contributed by atoms with van der Waals surface area (Å²) >= 11 is 1.17. The number of nitrogens with one attached hydrogen (secondary N) is 1. The van der Waals surface area contributed by atoms with Crippen LogP contribution in [0.1, 0.15) is 37.8 Å². The Kier molecular flexibility index (Phi) is 9.16. The molecule has 4 aliphatic rings. The maximum absolute atomic E-state index is 15.6. The van der Waals surface area contributed by atoms with Crippen molar-refractivity contribution in [3.8, 4) is 22.0 Å². The lowest BCUT2D eigenvalue weighted by Crippen LogP contribution is -2.45. The highest BCUT2D eigenvalue weighted by Crippen LogP contribution is 2.41. The molecule has 7 heterocycles. The second kappa shape index (κ2) is 13.6. The largest absolute Gasteiger partial charge is 0.367 e. The summed E-state index contributed by atoms with van der Waals surface area (Å²) in [7, 11) is 2.04. The molecule has 13 nitrogen and oxygen atoms in total. The van der Waals surface area contributed by atoms with Crippen molar-refractivity contribution >= 4 is 74.4 Å². The van der Waals surface area contributed by atoms with Crippen LogP contribution in [0, 0.1) is 11.8 Å². The van der Waals surface area contributed by atoms with Gasteiger partial charge in [-0.2, -0.15) is 14.0 Å². The molecule has 2 aliphatic carbocycles. The van der Waals surface area contributed by atoms with Crippen molar-refractivity contribution in [2.45, 2.75) is 37.8 Å². The number of nitrogens with zero attached hydrogens (tertiary/aromatic N) is 10. The highest BCUT2D eigenvalue weighted by atomic mass is 35.5. The third kappa shape index (κ3) is 6.04. The molecule has 278 valence electrons. The molecule has 5 aromatic heterocycles. The number of benzene rings is 1. The molecule has 0 radical (unpaired) electrons. The standard InChI is InChI=1S/C35H35F2N11O2S.2ClH/c1-43-10-12-45(13-11-43)28-16-27-29(39-32(28)37)31(50)22(17-47(27)20-4-5-20)33-40-41-35-48(33)42-34(51-35)23-18-46(19-2-3-19)25-15-26(44-8-6-38-7-9-44)24(36)14-21(25)30(23)49;;/h14-20,38H,2-13H2,1H3;2*1H. The zero-order valence-electron chi connectivity index (χ0n) is 28.8. The molecule has 0 amide bonds. The molecule has 2 aliphatic heterocycles. The van der Waals surface area contributed by atoms with Gasteiger partial charge in [0.1, 0.15) is 11.3 Å². The van der Waals surface area contributed by atoms with E-state index in [1.807, 2.05) is 33.7 Å². The van der Waals surface area contributed by atoms with Crippen LogP contribution < -0.4 is 26.0 Å². The van der Waals surface area contributed by atoms with E-state index in [0.29, 0.717) is 69.5 Å². The molecule has 0 spiro atoms. The number of hydrogen-bond acceptors (Lipinski definition) is 11. The van der Waals surface area contributed by atoms with Crippen molar-refractivity contribution in [3.63, 3.8) is 0 Å². The first-order chi connectivity index (χ1) is 24.8. The summed E-state index contributed by atoms with van der Waals surface area (Å²) in [6.07, 6.45) is 7.39. The molecule has 6 aromatic rings. The molecular weight excluding hydrogens is 747 g/mol. The van der Waals surface area contributed by atoms with Crippen molar-refractivity contribution in [2.24, 2.45) is 0 Å². The SMILES string of the molecule is CN1CCN(c2cc3c(nc2F)c(=O)c(-c2nnc4sc(-c5cn(C6CC6)c6cc(N7CCNCC7)c(F)cc6c5=O)nn24)cn3C2CC2)CC1.Cl.Cl. The van der Waals surface area contributed by atoms with E-state index in [9.17, 15) is 9.59 Å². The van der Waals surface area contributed by atoms with Crippen LogP contribution in [0.15, 0.2) is 40.2 Å². The average Bonchev–Trinajstić information content (AvgIpc) is 4.07. The normalized spacial score (nSPS) is 18.2. The number of piperazine rings is 2. The van der Waals surface area contributed by atoms with Crippen molar-refractivity contribution in [1.82, 2.24) is 44.1 Å². The number of hydrogen-bond donors (Lipinski definition) is 1. The van der Waals surface area contributed by atoms with Crippen molar-refractivity contribution in [1.29, 1.82) is 0 Å². The summed E-state index contributed by atoms with van der Waals surface area (Å²) in [5.74, 6) is -0.912. The Morgan fingerprint density at radius 2 is 1.42 bits per heavy atom. The van der Waals surface area contributed by atoms with Gasteiger partial charge < -0.3 is 29.2 Å². The van der Waals surface area contributed by atoms with Crippen LogP contribution >= 0.6 is 36.2 Å². The van der Waals surface area contributed by atoms with Crippen molar-refractivity contribution in [3.05, 3.63) is 62.8 Å². The fourth-order valence-electron chi connectivity index (χ4n) is 7.52. The summed E-state index contributed by atoms with van der Waals surface area (Å²) < 4.78 is 36.8. The lowest BCUT2D eigenvalue weighted by molar-refractivity contribution is 0.311. The Balaban J connectivity index is 0.00000200. The number of aromatic nitrogens is 7. The molecular formula is C35H37Cl2F2N11O2S. The van der Waals surface area contributed by atoms with Crippen molar-refractivity contribution in [2.75, 3.05) is 69.2 Å². The van der Waals surface area contributed by atoms with Gasteiger partial charge in [-0.05, 0) is 50.9 Å². The summed E-state index contributed by atoms with van der Waals surface area (Å²) in [6, 6.07) is 5.29. The van der Waals surface area contributed by atoms with E-state index in [1.165, 1.54) is 21.9 Å². The van der Waals surface area contributed by atoms with E-state index in [1.54, 1.807) is 12.3 Å². The second-order valence-corrected chi connectivity index (χ2v) is 15.1. The number of anilines is 2. The van der Waals surface area contributed by atoms with Crippen molar-refractivity contribution < 1.29 is 8.78 Å². The van der Waals surface area contributed by atoms with Crippen LogP contribution in [0.5, 0.6) is 0 Å². The molecule has 0 unspecified atom stereocenters. The Morgan fingerprint density at radius 1 is 0.774 bits per heavy atom. The van der Waals surface area contributed by atoms with Gasteiger partial charge in [0.15, 0.2) is 16.3 Å². The van der Waals surface area contributed by atoms with Gasteiger partial charge >= 0.3 is 0 Å². The first kappa shape index (κ1) is 35.8. The molecule has 2 saturated carbocycles. The monoisotopic (exact) mass is 783 g/mol. The molecule has 18 heteroatoms. The first-order valence-electron chi connectivity index (χ1n) is 17.6. The molecule has 1 aromatic carbocycles. The van der Waals surface area contributed by atoms with Gasteiger partial charge in [0.25, 0.3) is 0 Å². The summed E-state index contributed by atoms with van der Waals surface area (Å²) in [6.45, 7) is 5.89. The highest BCUT2D eigenvalue weighted by Gasteiger charge is 2.31. The molecule has 53 heavy (non-hydrogen) atoms. The number of halogens is 4. The lowest BCUT2D eigenvalue weighted by atomic mass is 10.1. The fourth-order valence-corrected chi connectivity index (χ4v) is 8.37. The average molecular weight is 785 g/mol. The minimum Gasteiger partial charge on any atom is -0.367 e. The van der Waals surface area contributed by atoms with Gasteiger partial charge in [0.2, 0.25) is 16.3 Å². The first-order valence-corrected chi connectivity index (χ1v) is 18.4. The van der Waals surface area contributed by atoms with Gasteiger partial charge in [-0.25, -0.2) is 9.37 Å². The Hall–Kier alpha value is -4.22. The van der Waals surface area contributed by atoms with Crippen LogP contribution in [0.2, 0.25) is 0 Å². The second-order valence-electron chi connectivity index (χ2n) is 14.2. The van der Waals surface area contributed by atoms with Crippen LogP contribution in [-0.4, -0.2) is 98.2 Å². The quantitative estimate of drug-likeness (QED) is 0.242. The third-order valence-electron chi connectivity index (χ3n) is 10.7. The Morgan fingerprint density at radius 3 is 2.11 bits per heavy atom. The van der Waals surface area contributed by atoms with E-state index < -0.39 is 17.2 Å². The van der Waals surface area contributed by atoms with Crippen LogP contribution in [-0.2, 0) is 0 Å². The van der Waals surface area contributed by atoms with Gasteiger partial charge in [-0.3, -0.25) is 9.59 Å². The molecule has 0 atom stereocenters. The summed E-state index contributed by atoms with van der Waals surface area (Å²) in [5.41, 5.74) is 1.98. The topological polar surface area (TPSA) is 122 Å². The molecule has 0 bridgehead atoms. The smallest absolute Gasteiger partial charge is 0.237 e. The van der Waals surface area contributed by atoms with E-state index in [4.69, 9.17) is 5.10 Å². The molecule has 10 rings (SSSR count).